The normalized spacial score (nSPS) is 14.0. The van der Waals surface area contributed by atoms with Gasteiger partial charge in [0.25, 0.3) is 0 Å². The second kappa shape index (κ2) is 6.93. The molecule has 3 heteroatoms. The van der Waals surface area contributed by atoms with E-state index in [1.807, 2.05) is 36.4 Å². The first kappa shape index (κ1) is 14.4. The Labute approximate surface area is 130 Å². The average molecular weight is 290 g/mol. The van der Waals surface area contributed by atoms with Gasteiger partial charge < -0.3 is 10.1 Å². The topological polar surface area (TPSA) is 45.0 Å². The molecule has 0 unspecified atom stereocenters. The maximum absolute atomic E-state index is 9.08. The van der Waals surface area contributed by atoms with E-state index < -0.39 is 0 Å². The molecule has 1 N–H and O–H groups in total. The molecular weight excluding hydrogens is 272 g/mol. The molecule has 0 saturated heterocycles. The molecule has 0 fully saturated rings. The molecule has 0 radical (unpaired) electrons. The second-order valence-corrected chi connectivity index (χ2v) is 5.27. The van der Waals surface area contributed by atoms with Crippen LogP contribution in [0.2, 0.25) is 0 Å². The summed E-state index contributed by atoms with van der Waals surface area (Å²) in [6.07, 6.45) is 3.30. The second-order valence-electron chi connectivity index (χ2n) is 5.27. The van der Waals surface area contributed by atoms with Crippen LogP contribution in [0.3, 0.4) is 0 Å². The van der Waals surface area contributed by atoms with Crippen molar-refractivity contribution in [2.45, 2.75) is 13.0 Å². The van der Waals surface area contributed by atoms with E-state index in [2.05, 4.69) is 29.6 Å². The Kier molecular flexibility index (Phi) is 4.53. The molecule has 0 aromatic heterocycles. The van der Waals surface area contributed by atoms with Crippen LogP contribution in [0.4, 0.5) is 0 Å². The summed E-state index contributed by atoms with van der Waals surface area (Å²) in [7, 11) is 0. The molecule has 0 spiro atoms. The highest BCUT2D eigenvalue weighted by Gasteiger charge is 2.06. The Hall–Kier alpha value is -2.57. The molecule has 0 saturated carbocycles. The van der Waals surface area contributed by atoms with E-state index in [-0.39, 0.29) is 0 Å². The number of nitrogens with zero attached hydrogens (tertiary/aromatic N) is 1. The van der Waals surface area contributed by atoms with Gasteiger partial charge >= 0.3 is 0 Å². The van der Waals surface area contributed by atoms with Crippen molar-refractivity contribution in [2.75, 3.05) is 13.1 Å². The monoisotopic (exact) mass is 290 g/mol. The summed E-state index contributed by atoms with van der Waals surface area (Å²) in [5.74, 6) is 0.825. The Morgan fingerprint density at radius 2 is 1.91 bits per heavy atom. The molecule has 1 aliphatic rings. The molecular formula is C19H18N2O. The number of nitrogens with one attached hydrogen (secondary N) is 1. The third kappa shape index (κ3) is 3.36. The summed E-state index contributed by atoms with van der Waals surface area (Å²) in [4.78, 5) is 0. The summed E-state index contributed by atoms with van der Waals surface area (Å²) in [5.41, 5.74) is 4.22. The molecule has 0 bridgehead atoms. The molecule has 0 amide bonds. The number of ether oxygens (including phenoxy) is 1. The lowest BCUT2D eigenvalue weighted by atomic mass is 10.0. The molecule has 0 atom stereocenters. The minimum atomic E-state index is 0.412. The number of benzene rings is 2. The van der Waals surface area contributed by atoms with Gasteiger partial charge in [-0.3, -0.25) is 0 Å². The zero-order chi connectivity index (χ0) is 15.2. The molecule has 3 nitrogen and oxygen atoms in total. The van der Waals surface area contributed by atoms with Crippen LogP contribution in [0.15, 0.2) is 54.6 Å². The summed E-state index contributed by atoms with van der Waals surface area (Å²) >= 11 is 0. The van der Waals surface area contributed by atoms with Crippen LogP contribution in [0.5, 0.6) is 5.75 Å². The molecule has 0 aliphatic carbocycles. The minimum absolute atomic E-state index is 0.412. The quantitative estimate of drug-likeness (QED) is 0.937. The fraction of sp³-hybridized carbons (Fsp3) is 0.211. The first-order valence-corrected chi connectivity index (χ1v) is 7.48. The highest BCUT2D eigenvalue weighted by atomic mass is 16.5. The zero-order valence-corrected chi connectivity index (χ0v) is 12.4. The van der Waals surface area contributed by atoms with Gasteiger partial charge in [0.05, 0.1) is 11.6 Å². The van der Waals surface area contributed by atoms with Gasteiger partial charge in [-0.05, 0) is 42.3 Å². The summed E-state index contributed by atoms with van der Waals surface area (Å²) in [6, 6.07) is 17.9. The lowest BCUT2D eigenvalue weighted by Gasteiger charge is -2.14. The highest BCUT2D eigenvalue weighted by Crippen LogP contribution is 2.23. The molecule has 2 aromatic carbocycles. The minimum Gasteiger partial charge on any atom is -0.489 e. The summed E-state index contributed by atoms with van der Waals surface area (Å²) in [5, 5.41) is 12.4. The molecule has 2 aromatic rings. The maximum Gasteiger partial charge on any atom is 0.119 e. The van der Waals surface area contributed by atoms with Crippen molar-refractivity contribution < 1.29 is 4.74 Å². The summed E-state index contributed by atoms with van der Waals surface area (Å²) < 4.78 is 5.79. The Morgan fingerprint density at radius 3 is 2.64 bits per heavy atom. The van der Waals surface area contributed by atoms with E-state index >= 15 is 0 Å². The smallest absolute Gasteiger partial charge is 0.119 e. The first-order valence-electron chi connectivity index (χ1n) is 7.48. The average Bonchev–Trinajstić information content (AvgIpc) is 2.61. The predicted molar refractivity (Wildman–Crippen MR) is 87.4 cm³/mol. The number of hydrogen-bond acceptors (Lipinski definition) is 3. The van der Waals surface area contributed by atoms with Crippen LogP contribution < -0.4 is 10.1 Å². The van der Waals surface area contributed by atoms with Crippen molar-refractivity contribution in [3.05, 3.63) is 71.3 Å². The van der Waals surface area contributed by atoms with Crippen molar-refractivity contribution in [3.8, 4) is 11.8 Å². The maximum atomic E-state index is 9.08. The van der Waals surface area contributed by atoms with E-state index in [9.17, 15) is 0 Å². The van der Waals surface area contributed by atoms with Crippen molar-refractivity contribution in [3.63, 3.8) is 0 Å². The Balaban J connectivity index is 1.66. The van der Waals surface area contributed by atoms with E-state index in [1.165, 1.54) is 11.1 Å². The van der Waals surface area contributed by atoms with Gasteiger partial charge in [0, 0.05) is 12.1 Å². The van der Waals surface area contributed by atoms with Gasteiger partial charge in [-0.2, -0.15) is 5.26 Å². The van der Waals surface area contributed by atoms with Gasteiger partial charge in [0.1, 0.15) is 12.4 Å². The van der Waals surface area contributed by atoms with Crippen molar-refractivity contribution in [1.82, 2.24) is 5.32 Å². The molecule has 110 valence electrons. The van der Waals surface area contributed by atoms with Crippen LogP contribution in [0.1, 0.15) is 23.1 Å². The van der Waals surface area contributed by atoms with Gasteiger partial charge in [-0.25, -0.2) is 0 Å². The highest BCUT2D eigenvalue weighted by molar-refractivity contribution is 5.67. The van der Waals surface area contributed by atoms with Crippen molar-refractivity contribution in [1.29, 1.82) is 5.26 Å². The van der Waals surface area contributed by atoms with Gasteiger partial charge in [-0.1, -0.05) is 36.4 Å². The van der Waals surface area contributed by atoms with E-state index in [1.54, 1.807) is 0 Å². The van der Waals surface area contributed by atoms with Crippen molar-refractivity contribution >= 4 is 5.57 Å². The third-order valence-electron chi connectivity index (χ3n) is 3.82. The Morgan fingerprint density at radius 1 is 1.09 bits per heavy atom. The lowest BCUT2D eigenvalue weighted by Crippen LogP contribution is -2.19. The number of hydrogen-bond donors (Lipinski definition) is 1. The first-order chi connectivity index (χ1) is 10.9. The van der Waals surface area contributed by atoms with Gasteiger partial charge in [0.15, 0.2) is 0 Å². The third-order valence-corrected chi connectivity index (χ3v) is 3.82. The lowest BCUT2D eigenvalue weighted by molar-refractivity contribution is 0.306. The van der Waals surface area contributed by atoms with Crippen LogP contribution in [0.25, 0.3) is 5.57 Å². The largest absolute Gasteiger partial charge is 0.489 e. The van der Waals surface area contributed by atoms with Gasteiger partial charge in [-0.15, -0.1) is 0 Å². The predicted octanol–water partition coefficient (Wildman–Crippen LogP) is 3.51. The fourth-order valence-corrected chi connectivity index (χ4v) is 2.57. The van der Waals surface area contributed by atoms with Crippen LogP contribution in [0, 0.1) is 11.3 Å². The number of rotatable bonds is 4. The Bertz CT molecular complexity index is 711. The molecule has 1 heterocycles. The van der Waals surface area contributed by atoms with Gasteiger partial charge in [0.2, 0.25) is 0 Å². The fourth-order valence-electron chi connectivity index (χ4n) is 2.57. The van der Waals surface area contributed by atoms with Crippen LogP contribution in [-0.4, -0.2) is 13.1 Å². The molecule has 22 heavy (non-hydrogen) atoms. The zero-order valence-electron chi connectivity index (χ0n) is 12.4. The molecule has 1 aliphatic heterocycles. The van der Waals surface area contributed by atoms with E-state index in [0.29, 0.717) is 12.2 Å². The molecule has 3 rings (SSSR count). The van der Waals surface area contributed by atoms with Crippen LogP contribution >= 0.6 is 0 Å². The standard InChI is InChI=1S/C19H18N2O/c20-13-17-3-1-2-4-18(17)14-22-19-7-5-15(6-8-19)16-9-11-21-12-10-16/h1-9,21H,10-12,14H2. The van der Waals surface area contributed by atoms with E-state index in [0.717, 1.165) is 30.8 Å². The van der Waals surface area contributed by atoms with Crippen LogP contribution in [-0.2, 0) is 6.61 Å². The summed E-state index contributed by atoms with van der Waals surface area (Å²) in [6.45, 7) is 2.39. The van der Waals surface area contributed by atoms with E-state index in [4.69, 9.17) is 10.00 Å². The number of nitriles is 1. The SMILES string of the molecule is N#Cc1ccccc1COc1ccc(C2=CCNCC2)cc1. The van der Waals surface area contributed by atoms with Crippen molar-refractivity contribution in [2.24, 2.45) is 0 Å².